The van der Waals surface area contributed by atoms with Crippen LogP contribution in [-0.4, -0.2) is 56.4 Å². The number of nitrogens with one attached hydrogen (secondary N) is 1. The van der Waals surface area contributed by atoms with Crippen LogP contribution in [0.15, 0.2) is 103 Å². The molecule has 0 aromatic heterocycles. The van der Waals surface area contributed by atoms with Gasteiger partial charge in [0.1, 0.15) is 24.9 Å². The van der Waals surface area contributed by atoms with Gasteiger partial charge in [-0.25, -0.2) is 9.59 Å². The van der Waals surface area contributed by atoms with E-state index in [0.29, 0.717) is 5.56 Å². The summed E-state index contributed by atoms with van der Waals surface area (Å²) in [7, 11) is 1.45. The van der Waals surface area contributed by atoms with E-state index >= 15 is 0 Å². The van der Waals surface area contributed by atoms with Crippen molar-refractivity contribution in [3.05, 3.63) is 120 Å². The molecular weight excluding hydrogens is 538 g/mol. The molecule has 2 aliphatic rings. The van der Waals surface area contributed by atoms with Crippen LogP contribution < -0.4 is 5.32 Å². The molecule has 2 saturated heterocycles. The van der Waals surface area contributed by atoms with Crippen LogP contribution in [0.2, 0.25) is 0 Å². The highest BCUT2D eigenvalue weighted by atomic mass is 16.8. The van der Waals surface area contributed by atoms with E-state index in [-0.39, 0.29) is 13.2 Å². The average molecular weight is 570 g/mol. The molecule has 216 valence electrons. The van der Waals surface area contributed by atoms with E-state index < -0.39 is 49.0 Å². The van der Waals surface area contributed by atoms with Crippen molar-refractivity contribution < 1.29 is 38.0 Å². The number of carbonyl (C=O) groups is 2. The van der Waals surface area contributed by atoms with E-state index in [4.69, 9.17) is 28.4 Å². The molecule has 2 aliphatic heterocycles. The molecule has 9 heteroatoms. The third-order valence-electron chi connectivity index (χ3n) is 7.37. The molecule has 4 aromatic rings. The first-order valence-electron chi connectivity index (χ1n) is 13.8. The van der Waals surface area contributed by atoms with Crippen molar-refractivity contribution >= 4 is 22.8 Å². The van der Waals surface area contributed by atoms with Gasteiger partial charge < -0.3 is 33.7 Å². The van der Waals surface area contributed by atoms with Crippen molar-refractivity contribution in [1.29, 1.82) is 0 Å². The molecule has 1 N–H and O–H groups in total. The van der Waals surface area contributed by atoms with Crippen molar-refractivity contribution in [1.82, 2.24) is 5.32 Å². The van der Waals surface area contributed by atoms with Crippen LogP contribution in [0.1, 0.15) is 27.8 Å². The molecule has 0 aliphatic carbocycles. The number of hydrogen-bond donors (Lipinski definition) is 1. The summed E-state index contributed by atoms with van der Waals surface area (Å²) >= 11 is 0. The Balaban J connectivity index is 1.26. The molecule has 9 nitrogen and oxygen atoms in total. The van der Waals surface area contributed by atoms with Gasteiger partial charge in [0.05, 0.1) is 12.2 Å². The van der Waals surface area contributed by atoms with Crippen LogP contribution in [0.5, 0.6) is 0 Å². The summed E-state index contributed by atoms with van der Waals surface area (Å²) in [6.45, 7) is 0.222. The number of esters is 1. The lowest BCUT2D eigenvalue weighted by Crippen LogP contribution is -2.67. The molecule has 1 amide bonds. The minimum absolute atomic E-state index is 0.0623. The van der Waals surface area contributed by atoms with E-state index in [1.165, 1.54) is 7.11 Å². The van der Waals surface area contributed by atoms with Gasteiger partial charge in [0.15, 0.2) is 18.7 Å². The fraction of sp³-hybridized carbons (Fsp3) is 0.273. The minimum atomic E-state index is -0.988. The van der Waals surface area contributed by atoms with Gasteiger partial charge in [0, 0.05) is 12.7 Å². The lowest BCUT2D eigenvalue weighted by Gasteiger charge is -2.48. The van der Waals surface area contributed by atoms with Crippen LogP contribution in [0.25, 0.3) is 10.8 Å². The average Bonchev–Trinajstić information content (AvgIpc) is 3.05. The van der Waals surface area contributed by atoms with E-state index in [0.717, 1.165) is 21.9 Å². The van der Waals surface area contributed by atoms with Gasteiger partial charge in [-0.3, -0.25) is 0 Å². The molecule has 0 saturated carbocycles. The fourth-order valence-corrected chi connectivity index (χ4v) is 5.26. The molecule has 0 spiro atoms. The topological polar surface area (TPSA) is 102 Å². The molecule has 1 unspecified atom stereocenters. The Labute approximate surface area is 243 Å². The van der Waals surface area contributed by atoms with Gasteiger partial charge in [0.25, 0.3) is 0 Å². The maximum Gasteiger partial charge on any atom is 0.407 e. The monoisotopic (exact) mass is 569 g/mol. The van der Waals surface area contributed by atoms with Gasteiger partial charge >= 0.3 is 12.1 Å². The van der Waals surface area contributed by atoms with Crippen LogP contribution in [0, 0.1) is 0 Å². The van der Waals surface area contributed by atoms with Crippen LogP contribution in [-0.2, 0) is 35.0 Å². The zero-order valence-corrected chi connectivity index (χ0v) is 23.0. The molecule has 6 rings (SSSR count). The molecule has 2 heterocycles. The highest BCUT2D eigenvalue weighted by Gasteiger charge is 2.53. The van der Waals surface area contributed by atoms with Gasteiger partial charge in [-0.05, 0) is 34.5 Å². The minimum Gasteiger partial charge on any atom is -0.453 e. The first-order chi connectivity index (χ1) is 20.6. The Morgan fingerprint density at radius 1 is 0.857 bits per heavy atom. The summed E-state index contributed by atoms with van der Waals surface area (Å²) in [5.74, 6) is -0.571. The normalized spacial score (nSPS) is 25.3. The highest BCUT2D eigenvalue weighted by molar-refractivity contribution is 5.89. The van der Waals surface area contributed by atoms with Gasteiger partial charge in [-0.2, -0.15) is 0 Å². The van der Waals surface area contributed by atoms with Crippen molar-refractivity contribution in [2.75, 3.05) is 13.7 Å². The largest absolute Gasteiger partial charge is 0.453 e. The molecule has 2 fully saturated rings. The fourth-order valence-electron chi connectivity index (χ4n) is 5.26. The zero-order chi connectivity index (χ0) is 28.9. The predicted molar refractivity (Wildman–Crippen MR) is 152 cm³/mol. The number of benzene rings is 4. The van der Waals surface area contributed by atoms with Crippen molar-refractivity contribution in [3.8, 4) is 0 Å². The van der Waals surface area contributed by atoms with Crippen molar-refractivity contribution in [2.45, 2.75) is 43.5 Å². The lowest BCUT2D eigenvalue weighted by molar-refractivity contribution is -0.340. The standard InChI is InChI=1S/C33H31NO8/c1-37-32-27(34-33(36)39-19-21-10-4-2-5-11-21)29(41-30(35)23-13-6-3-7-14-23)28-26(40-32)20-38-31(42-28)25-17-16-22-12-8-9-15-24(22)18-25/h2-18,26-29,31-32H,19-20H2,1H3,(H,34,36)/t26-,27-,28-,29-,31?,32+/m1/s1. The van der Waals surface area contributed by atoms with E-state index in [9.17, 15) is 9.59 Å². The molecular formula is C33H31NO8. The number of ether oxygens (including phenoxy) is 6. The number of carbonyl (C=O) groups excluding carboxylic acids is 2. The van der Waals surface area contributed by atoms with E-state index in [2.05, 4.69) is 5.32 Å². The Kier molecular flexibility index (Phi) is 8.43. The van der Waals surface area contributed by atoms with Crippen molar-refractivity contribution in [2.24, 2.45) is 0 Å². The summed E-state index contributed by atoms with van der Waals surface area (Å²) in [5.41, 5.74) is 1.99. The molecule has 0 bridgehead atoms. The van der Waals surface area contributed by atoms with E-state index in [1.54, 1.807) is 24.3 Å². The van der Waals surface area contributed by atoms with Crippen LogP contribution in [0.4, 0.5) is 4.79 Å². The summed E-state index contributed by atoms with van der Waals surface area (Å²) in [4.78, 5) is 26.3. The van der Waals surface area contributed by atoms with Gasteiger partial charge in [0.2, 0.25) is 0 Å². The SMILES string of the molecule is CO[C@H]1O[C@@H]2COC(c3ccc4ccccc4c3)O[C@H]2[C@H](OC(=O)c2ccccc2)[C@H]1NC(=O)OCc1ccccc1. The zero-order valence-electron chi connectivity index (χ0n) is 23.0. The number of rotatable bonds is 7. The second-order valence-electron chi connectivity index (χ2n) is 10.1. The van der Waals surface area contributed by atoms with Crippen LogP contribution in [0.3, 0.4) is 0 Å². The Hall–Kier alpha value is -4.28. The quantitative estimate of drug-likeness (QED) is 0.305. The van der Waals surface area contributed by atoms with Crippen molar-refractivity contribution in [3.63, 3.8) is 0 Å². The van der Waals surface area contributed by atoms with Crippen LogP contribution >= 0.6 is 0 Å². The summed E-state index contributed by atoms with van der Waals surface area (Å²) < 4.78 is 35.8. The Bertz CT molecular complexity index is 1510. The maximum atomic E-state index is 13.3. The third kappa shape index (κ3) is 6.14. The smallest absolute Gasteiger partial charge is 0.407 e. The summed E-state index contributed by atoms with van der Waals surface area (Å²) in [6.07, 6.45) is -4.83. The first-order valence-corrected chi connectivity index (χ1v) is 13.8. The maximum absolute atomic E-state index is 13.3. The van der Waals surface area contributed by atoms with Gasteiger partial charge in [-0.1, -0.05) is 84.9 Å². The molecule has 42 heavy (non-hydrogen) atoms. The number of fused-ring (bicyclic) bond motifs is 2. The first kappa shape index (κ1) is 27.9. The Morgan fingerprint density at radius 3 is 2.33 bits per heavy atom. The van der Waals surface area contributed by atoms with E-state index in [1.807, 2.05) is 78.9 Å². The predicted octanol–water partition coefficient (Wildman–Crippen LogP) is 5.15. The third-order valence-corrected chi connectivity index (χ3v) is 7.37. The number of hydrogen-bond acceptors (Lipinski definition) is 8. The molecule has 0 radical (unpaired) electrons. The second-order valence-corrected chi connectivity index (χ2v) is 10.1. The lowest BCUT2D eigenvalue weighted by atomic mass is 9.95. The number of amides is 1. The highest BCUT2D eigenvalue weighted by Crippen LogP contribution is 2.36. The number of methoxy groups -OCH3 is 1. The second kappa shape index (κ2) is 12.7. The Morgan fingerprint density at radius 2 is 1.57 bits per heavy atom. The number of alkyl carbamates (subject to hydrolysis) is 1. The summed E-state index contributed by atoms with van der Waals surface area (Å²) in [5, 5.41) is 4.93. The summed E-state index contributed by atoms with van der Waals surface area (Å²) in [6, 6.07) is 30.9. The molecule has 4 aromatic carbocycles. The van der Waals surface area contributed by atoms with Gasteiger partial charge in [-0.15, -0.1) is 0 Å². The molecule has 6 atom stereocenters.